The molecule has 8 heteroatoms. The van der Waals surface area contributed by atoms with Gasteiger partial charge >= 0.3 is 6.09 Å². The lowest BCUT2D eigenvalue weighted by Gasteiger charge is -2.45. The van der Waals surface area contributed by atoms with E-state index in [-0.39, 0.29) is 12.2 Å². The number of benzene rings is 1. The van der Waals surface area contributed by atoms with Crippen LogP contribution in [-0.4, -0.2) is 85.6 Å². The van der Waals surface area contributed by atoms with Crippen LogP contribution in [0.1, 0.15) is 5.56 Å². The molecule has 1 amide bonds. The van der Waals surface area contributed by atoms with Crippen molar-refractivity contribution in [1.29, 1.82) is 5.26 Å². The molecule has 2 bridgehead atoms. The predicted molar refractivity (Wildman–Crippen MR) is 94.2 cm³/mol. The second-order valence-electron chi connectivity index (χ2n) is 6.62. The van der Waals surface area contributed by atoms with Gasteiger partial charge in [-0.1, -0.05) is 0 Å². The van der Waals surface area contributed by atoms with Gasteiger partial charge in [-0.25, -0.2) is 4.79 Å². The number of rotatable bonds is 7. The number of hydrogen-bond acceptors (Lipinski definition) is 6. The molecule has 2 fully saturated rings. The smallest absolute Gasteiger partial charge is 0.404 e. The van der Waals surface area contributed by atoms with Crippen molar-refractivity contribution in [3.8, 4) is 11.8 Å². The van der Waals surface area contributed by atoms with Crippen LogP contribution in [0.25, 0.3) is 0 Å². The van der Waals surface area contributed by atoms with E-state index < -0.39 is 6.09 Å². The fraction of sp³-hybridized carbons (Fsp3) is 0.556. The minimum Gasteiger partial charge on any atom is -0.492 e. The average molecular weight is 360 g/mol. The van der Waals surface area contributed by atoms with Crippen molar-refractivity contribution in [3.05, 3.63) is 29.8 Å². The number of hydrogen-bond donors (Lipinski definition) is 2. The molecule has 2 N–H and O–H groups in total. The molecule has 8 nitrogen and oxygen atoms in total. The molecular weight excluding hydrogens is 336 g/mol. The number of carbonyl (C=O) groups is 1. The van der Waals surface area contributed by atoms with Gasteiger partial charge in [0.05, 0.1) is 23.8 Å². The molecule has 0 spiro atoms. The zero-order valence-corrected chi connectivity index (χ0v) is 14.6. The molecule has 2 saturated heterocycles. The standard InChI is InChI=1S/C18H24N4O4/c19-9-14-1-3-15(4-2-14)25-8-7-22-12-16-10-21(6-5-20-18(23)24)11-17(13-22)26-16/h1-4,16-17,20H,5-8,10-13H2,(H,23,24). The van der Waals surface area contributed by atoms with E-state index in [1.54, 1.807) is 12.1 Å². The van der Waals surface area contributed by atoms with Crippen LogP contribution in [0.15, 0.2) is 24.3 Å². The maximum atomic E-state index is 10.5. The van der Waals surface area contributed by atoms with Crippen molar-refractivity contribution in [2.75, 3.05) is 52.4 Å². The highest BCUT2D eigenvalue weighted by atomic mass is 16.5. The first-order chi connectivity index (χ1) is 12.6. The van der Waals surface area contributed by atoms with Gasteiger partial charge in [-0.05, 0) is 24.3 Å². The van der Waals surface area contributed by atoms with E-state index >= 15 is 0 Å². The largest absolute Gasteiger partial charge is 0.492 e. The average Bonchev–Trinajstić information content (AvgIpc) is 2.61. The number of nitrogens with one attached hydrogen (secondary N) is 1. The van der Waals surface area contributed by atoms with Crippen LogP contribution in [0, 0.1) is 11.3 Å². The summed E-state index contributed by atoms with van der Waals surface area (Å²) in [6.07, 6.45) is -0.670. The van der Waals surface area contributed by atoms with Gasteiger partial charge in [0.2, 0.25) is 0 Å². The van der Waals surface area contributed by atoms with E-state index in [0.717, 1.165) is 38.5 Å². The fourth-order valence-corrected chi connectivity index (χ4v) is 3.47. The molecule has 0 saturated carbocycles. The molecule has 2 unspecified atom stereocenters. The fourth-order valence-electron chi connectivity index (χ4n) is 3.47. The number of nitrogens with zero attached hydrogens (tertiary/aromatic N) is 3. The van der Waals surface area contributed by atoms with Crippen molar-refractivity contribution < 1.29 is 19.4 Å². The highest BCUT2D eigenvalue weighted by Crippen LogP contribution is 2.19. The molecule has 2 atom stereocenters. The molecule has 0 aliphatic carbocycles. The van der Waals surface area contributed by atoms with Crippen LogP contribution in [0.4, 0.5) is 4.79 Å². The number of ether oxygens (including phenoxy) is 2. The summed E-state index contributed by atoms with van der Waals surface area (Å²) < 4.78 is 11.8. The molecule has 140 valence electrons. The van der Waals surface area contributed by atoms with E-state index in [0.29, 0.717) is 25.3 Å². The maximum Gasteiger partial charge on any atom is 0.404 e. The van der Waals surface area contributed by atoms with Crippen LogP contribution < -0.4 is 10.1 Å². The van der Waals surface area contributed by atoms with Crippen molar-refractivity contribution in [2.45, 2.75) is 12.2 Å². The van der Waals surface area contributed by atoms with Gasteiger partial charge in [0.15, 0.2) is 0 Å². The summed E-state index contributed by atoms with van der Waals surface area (Å²) in [4.78, 5) is 15.1. The summed E-state index contributed by atoms with van der Waals surface area (Å²) in [6, 6.07) is 9.23. The van der Waals surface area contributed by atoms with E-state index in [4.69, 9.17) is 19.8 Å². The third-order valence-corrected chi connectivity index (χ3v) is 4.60. The van der Waals surface area contributed by atoms with Crippen LogP contribution in [0.2, 0.25) is 0 Å². The lowest BCUT2D eigenvalue weighted by Crippen LogP contribution is -2.60. The molecule has 2 aliphatic rings. The van der Waals surface area contributed by atoms with Crippen molar-refractivity contribution in [2.24, 2.45) is 0 Å². The van der Waals surface area contributed by atoms with Gasteiger partial charge in [0.1, 0.15) is 12.4 Å². The van der Waals surface area contributed by atoms with Crippen LogP contribution in [0.3, 0.4) is 0 Å². The number of amides is 1. The lowest BCUT2D eigenvalue weighted by atomic mass is 10.1. The Kier molecular flexibility index (Phi) is 6.28. The number of carboxylic acid groups (broad SMARTS) is 1. The lowest BCUT2D eigenvalue weighted by molar-refractivity contribution is -0.138. The molecular formula is C18H24N4O4. The van der Waals surface area contributed by atoms with E-state index in [9.17, 15) is 4.79 Å². The molecule has 26 heavy (non-hydrogen) atoms. The first-order valence-electron chi connectivity index (χ1n) is 8.82. The first kappa shape index (κ1) is 18.5. The van der Waals surface area contributed by atoms with Crippen LogP contribution in [0.5, 0.6) is 5.75 Å². The van der Waals surface area contributed by atoms with Gasteiger partial charge in [-0.3, -0.25) is 9.80 Å². The second kappa shape index (κ2) is 8.85. The van der Waals surface area contributed by atoms with Crippen LogP contribution in [-0.2, 0) is 4.74 Å². The van der Waals surface area contributed by atoms with E-state index in [2.05, 4.69) is 21.2 Å². The van der Waals surface area contributed by atoms with E-state index in [1.807, 2.05) is 12.1 Å². The van der Waals surface area contributed by atoms with Crippen molar-refractivity contribution >= 4 is 6.09 Å². The van der Waals surface area contributed by atoms with Gasteiger partial charge in [0.25, 0.3) is 0 Å². The molecule has 1 aromatic carbocycles. The summed E-state index contributed by atoms with van der Waals surface area (Å²) in [5.74, 6) is 0.773. The summed E-state index contributed by atoms with van der Waals surface area (Å²) in [5, 5.41) is 19.9. The van der Waals surface area contributed by atoms with Crippen molar-refractivity contribution in [3.63, 3.8) is 0 Å². The topological polar surface area (TPSA) is 98.1 Å². The zero-order chi connectivity index (χ0) is 18.4. The minimum atomic E-state index is -0.980. The molecule has 1 aromatic rings. The van der Waals surface area contributed by atoms with Gasteiger partial charge in [0, 0.05) is 45.8 Å². The Bertz CT molecular complexity index is 632. The third kappa shape index (κ3) is 5.33. The highest BCUT2D eigenvalue weighted by molar-refractivity contribution is 5.64. The summed E-state index contributed by atoms with van der Waals surface area (Å²) in [6.45, 7) is 5.94. The Morgan fingerprint density at radius 2 is 1.81 bits per heavy atom. The van der Waals surface area contributed by atoms with Crippen molar-refractivity contribution in [1.82, 2.24) is 15.1 Å². The SMILES string of the molecule is N#Cc1ccc(OCCN2CC3CN(CCNC(=O)O)CC(C2)O3)cc1. The normalized spacial score (nSPS) is 23.2. The Labute approximate surface area is 152 Å². The Hall–Kier alpha value is -2.34. The minimum absolute atomic E-state index is 0.155. The maximum absolute atomic E-state index is 10.5. The van der Waals surface area contributed by atoms with Crippen LogP contribution >= 0.6 is 0 Å². The predicted octanol–water partition coefficient (Wildman–Crippen LogP) is 0.590. The third-order valence-electron chi connectivity index (χ3n) is 4.60. The summed E-state index contributed by atoms with van der Waals surface area (Å²) >= 11 is 0. The first-order valence-corrected chi connectivity index (χ1v) is 8.82. The van der Waals surface area contributed by atoms with Gasteiger partial charge < -0.3 is 19.9 Å². The number of morpholine rings is 2. The van der Waals surface area contributed by atoms with Gasteiger partial charge in [-0.15, -0.1) is 0 Å². The molecule has 2 aliphatic heterocycles. The quantitative estimate of drug-likeness (QED) is 0.734. The number of nitriles is 1. The second-order valence-corrected chi connectivity index (χ2v) is 6.62. The van der Waals surface area contributed by atoms with E-state index in [1.165, 1.54) is 0 Å². The monoisotopic (exact) mass is 360 g/mol. The highest BCUT2D eigenvalue weighted by Gasteiger charge is 2.34. The zero-order valence-electron chi connectivity index (χ0n) is 14.6. The molecule has 0 radical (unpaired) electrons. The Balaban J connectivity index is 1.38. The summed E-state index contributed by atoms with van der Waals surface area (Å²) in [5.41, 5.74) is 0.626. The summed E-state index contributed by atoms with van der Waals surface area (Å²) in [7, 11) is 0. The Morgan fingerprint density at radius 1 is 1.19 bits per heavy atom. The number of fused-ring (bicyclic) bond motifs is 2. The molecule has 3 rings (SSSR count). The molecule has 2 heterocycles. The van der Waals surface area contributed by atoms with Gasteiger partial charge in [-0.2, -0.15) is 5.26 Å². The molecule has 0 aromatic heterocycles. The Morgan fingerprint density at radius 3 is 2.38 bits per heavy atom.